The molecule has 1 amide bonds. The number of fused-ring (bicyclic) bond motifs is 2. The highest BCUT2D eigenvalue weighted by Gasteiger charge is 2.43. The summed E-state index contributed by atoms with van der Waals surface area (Å²) in [5.74, 6) is 0.391. The van der Waals surface area contributed by atoms with E-state index in [0.29, 0.717) is 36.5 Å². The van der Waals surface area contributed by atoms with Gasteiger partial charge in [0.25, 0.3) is 0 Å². The van der Waals surface area contributed by atoms with Gasteiger partial charge in [-0.05, 0) is 51.2 Å². The van der Waals surface area contributed by atoms with Gasteiger partial charge in [0, 0.05) is 49.3 Å². The van der Waals surface area contributed by atoms with Crippen LogP contribution in [0.25, 0.3) is 10.8 Å². The van der Waals surface area contributed by atoms with E-state index >= 15 is 0 Å². The number of pyridine rings is 1. The van der Waals surface area contributed by atoms with E-state index in [1.165, 1.54) is 0 Å². The molecule has 2 aromatic rings. The number of piperidine rings is 1. The minimum absolute atomic E-state index is 0.127. The fourth-order valence-corrected chi connectivity index (χ4v) is 6.04. The molecule has 2 unspecified atom stereocenters. The molecule has 4 rings (SSSR count). The third kappa shape index (κ3) is 3.96. The number of nitrogens with zero attached hydrogens (tertiary/aromatic N) is 3. The average molecular weight is 418 g/mol. The van der Waals surface area contributed by atoms with Crippen LogP contribution in [-0.2, 0) is 14.8 Å². The van der Waals surface area contributed by atoms with Gasteiger partial charge in [-0.2, -0.15) is 4.31 Å². The third-order valence-corrected chi connectivity index (χ3v) is 7.57. The third-order valence-electron chi connectivity index (χ3n) is 5.68. The molecular weight excluding hydrogens is 390 g/mol. The maximum Gasteiger partial charge on any atom is 0.410 e. The fourth-order valence-electron chi connectivity index (χ4n) is 4.27. The number of amides is 1. The lowest BCUT2D eigenvalue weighted by Crippen LogP contribution is -2.45. The lowest BCUT2D eigenvalue weighted by atomic mass is 9.89. The van der Waals surface area contributed by atoms with Gasteiger partial charge in [-0.1, -0.05) is 12.1 Å². The number of aromatic nitrogens is 1. The summed E-state index contributed by atoms with van der Waals surface area (Å²) in [5, 5.41) is 1.49. The SMILES string of the molecule is CC(C)(C)OC(=O)N1CCC2CN(S(=O)(=O)c3cccc4cnccc34)CC2C1. The minimum atomic E-state index is -3.62. The largest absolute Gasteiger partial charge is 0.444 e. The van der Waals surface area contributed by atoms with Crippen molar-refractivity contribution in [2.75, 3.05) is 26.2 Å². The van der Waals surface area contributed by atoms with Gasteiger partial charge in [0.2, 0.25) is 10.0 Å². The number of likely N-dealkylation sites (tertiary alicyclic amines) is 1. The minimum Gasteiger partial charge on any atom is -0.444 e. The Morgan fingerprint density at radius 2 is 1.90 bits per heavy atom. The second-order valence-electron chi connectivity index (χ2n) is 8.91. The summed E-state index contributed by atoms with van der Waals surface area (Å²) in [6.07, 6.45) is 3.76. The van der Waals surface area contributed by atoms with E-state index in [0.717, 1.165) is 11.8 Å². The van der Waals surface area contributed by atoms with E-state index in [-0.39, 0.29) is 17.9 Å². The van der Waals surface area contributed by atoms with E-state index in [9.17, 15) is 13.2 Å². The van der Waals surface area contributed by atoms with Crippen LogP contribution < -0.4 is 0 Å². The van der Waals surface area contributed by atoms with Crippen molar-refractivity contribution in [3.05, 3.63) is 36.7 Å². The summed E-state index contributed by atoms with van der Waals surface area (Å²) in [6.45, 7) is 7.60. The van der Waals surface area contributed by atoms with Crippen molar-refractivity contribution in [1.29, 1.82) is 0 Å². The van der Waals surface area contributed by atoms with Gasteiger partial charge in [-0.25, -0.2) is 13.2 Å². The number of hydrogen-bond donors (Lipinski definition) is 0. The van der Waals surface area contributed by atoms with Crippen molar-refractivity contribution in [3.63, 3.8) is 0 Å². The molecular formula is C21H27N3O4S. The molecule has 2 atom stereocenters. The number of hydrogen-bond acceptors (Lipinski definition) is 5. The quantitative estimate of drug-likeness (QED) is 0.750. The molecule has 0 N–H and O–H groups in total. The summed E-state index contributed by atoms with van der Waals surface area (Å²) in [5.41, 5.74) is -0.539. The zero-order valence-electron chi connectivity index (χ0n) is 17.0. The van der Waals surface area contributed by atoms with E-state index < -0.39 is 15.6 Å². The van der Waals surface area contributed by atoms with Crippen molar-refractivity contribution >= 4 is 26.9 Å². The van der Waals surface area contributed by atoms with Gasteiger partial charge >= 0.3 is 6.09 Å². The van der Waals surface area contributed by atoms with Gasteiger partial charge in [-0.3, -0.25) is 4.98 Å². The van der Waals surface area contributed by atoms with Crippen molar-refractivity contribution in [2.24, 2.45) is 11.8 Å². The van der Waals surface area contributed by atoms with Crippen molar-refractivity contribution < 1.29 is 17.9 Å². The first kappa shape index (κ1) is 20.1. The van der Waals surface area contributed by atoms with Crippen LogP contribution in [-0.4, -0.2) is 60.5 Å². The van der Waals surface area contributed by atoms with Gasteiger partial charge in [0.1, 0.15) is 5.60 Å². The summed E-state index contributed by atoms with van der Waals surface area (Å²) in [7, 11) is -3.62. The zero-order valence-corrected chi connectivity index (χ0v) is 17.9. The van der Waals surface area contributed by atoms with Crippen LogP contribution >= 0.6 is 0 Å². The van der Waals surface area contributed by atoms with Crippen LogP contribution in [0, 0.1) is 11.8 Å². The highest BCUT2D eigenvalue weighted by molar-refractivity contribution is 7.89. The summed E-state index contributed by atoms with van der Waals surface area (Å²) in [6, 6.07) is 7.02. The summed E-state index contributed by atoms with van der Waals surface area (Å²) in [4.78, 5) is 18.5. The topological polar surface area (TPSA) is 79.8 Å². The molecule has 7 nitrogen and oxygen atoms in total. The molecule has 0 bridgehead atoms. The van der Waals surface area contributed by atoms with Crippen molar-refractivity contribution in [3.8, 4) is 0 Å². The molecule has 8 heteroatoms. The normalized spacial score (nSPS) is 23.2. The van der Waals surface area contributed by atoms with Crippen molar-refractivity contribution in [1.82, 2.24) is 14.2 Å². The Balaban J connectivity index is 1.53. The first-order valence-corrected chi connectivity index (χ1v) is 11.4. The van der Waals surface area contributed by atoms with E-state index in [1.54, 1.807) is 39.8 Å². The maximum atomic E-state index is 13.4. The number of carbonyl (C=O) groups excluding carboxylic acids is 1. The summed E-state index contributed by atoms with van der Waals surface area (Å²) >= 11 is 0. The standard InChI is InChI=1S/C21H27N3O4S/c1-21(2,3)28-20(25)23-10-8-16-13-24(14-17(16)12-23)29(26,27)19-6-4-5-15-11-22-9-7-18(15)19/h4-7,9,11,16-17H,8,10,12-14H2,1-3H3. The number of sulfonamides is 1. The van der Waals surface area contributed by atoms with Crippen LogP contribution in [0.2, 0.25) is 0 Å². The molecule has 3 heterocycles. The molecule has 1 aromatic carbocycles. The Morgan fingerprint density at radius 3 is 2.66 bits per heavy atom. The molecule has 0 spiro atoms. The van der Waals surface area contributed by atoms with Gasteiger partial charge in [0.05, 0.1) is 4.90 Å². The fraction of sp³-hybridized carbons (Fsp3) is 0.524. The predicted octanol–water partition coefficient (Wildman–Crippen LogP) is 3.11. The molecule has 0 radical (unpaired) electrons. The second-order valence-corrected chi connectivity index (χ2v) is 10.8. The van der Waals surface area contributed by atoms with Gasteiger partial charge in [-0.15, -0.1) is 0 Å². The van der Waals surface area contributed by atoms with Crippen LogP contribution in [0.1, 0.15) is 27.2 Å². The Kier molecular flexibility index (Phi) is 5.02. The lowest BCUT2D eigenvalue weighted by molar-refractivity contribution is 0.0139. The molecule has 2 saturated heterocycles. The van der Waals surface area contributed by atoms with Crippen molar-refractivity contribution in [2.45, 2.75) is 37.7 Å². The van der Waals surface area contributed by atoms with Gasteiger partial charge in [0.15, 0.2) is 0 Å². The highest BCUT2D eigenvalue weighted by Crippen LogP contribution is 2.36. The molecule has 156 valence electrons. The van der Waals surface area contributed by atoms with Crippen LogP contribution in [0.15, 0.2) is 41.6 Å². The Morgan fingerprint density at radius 1 is 1.14 bits per heavy atom. The zero-order chi connectivity index (χ0) is 20.8. The number of rotatable bonds is 2. The number of benzene rings is 1. The Bertz CT molecular complexity index is 1030. The number of carbonyl (C=O) groups is 1. The Labute approximate surface area is 171 Å². The molecule has 0 saturated carbocycles. The monoisotopic (exact) mass is 417 g/mol. The Hall–Kier alpha value is -2.19. The smallest absolute Gasteiger partial charge is 0.410 e. The maximum absolute atomic E-state index is 13.4. The second kappa shape index (κ2) is 7.25. The number of ether oxygens (including phenoxy) is 1. The van der Waals surface area contributed by atoms with Crippen LogP contribution in [0.5, 0.6) is 0 Å². The summed E-state index contributed by atoms with van der Waals surface area (Å²) < 4.78 is 33.9. The predicted molar refractivity (Wildman–Crippen MR) is 110 cm³/mol. The molecule has 0 aliphatic carbocycles. The van der Waals surface area contributed by atoms with Gasteiger partial charge < -0.3 is 9.64 Å². The first-order valence-electron chi connectivity index (χ1n) is 9.96. The molecule has 2 fully saturated rings. The molecule has 2 aliphatic rings. The first-order chi connectivity index (χ1) is 13.6. The lowest BCUT2D eigenvalue weighted by Gasteiger charge is -2.35. The van der Waals surface area contributed by atoms with E-state index in [1.807, 2.05) is 26.8 Å². The van der Waals surface area contributed by atoms with Crippen LogP contribution in [0.4, 0.5) is 4.79 Å². The average Bonchev–Trinajstić information content (AvgIpc) is 3.10. The molecule has 2 aliphatic heterocycles. The highest BCUT2D eigenvalue weighted by atomic mass is 32.2. The van der Waals surface area contributed by atoms with E-state index in [2.05, 4.69) is 4.98 Å². The molecule has 29 heavy (non-hydrogen) atoms. The molecule has 1 aromatic heterocycles. The van der Waals surface area contributed by atoms with Crippen LogP contribution in [0.3, 0.4) is 0 Å². The van der Waals surface area contributed by atoms with E-state index in [4.69, 9.17) is 4.74 Å².